The molecule has 1 aliphatic rings. The van der Waals surface area contributed by atoms with Crippen molar-refractivity contribution in [1.29, 1.82) is 0 Å². The van der Waals surface area contributed by atoms with E-state index in [0.717, 1.165) is 50.4 Å². The van der Waals surface area contributed by atoms with Crippen molar-refractivity contribution in [2.24, 2.45) is 0 Å². The number of hydrogen-bond donors (Lipinski definition) is 1. The lowest BCUT2D eigenvalue weighted by atomic mass is 10.0. The molecule has 0 fully saturated rings. The third kappa shape index (κ3) is 4.57. The van der Waals surface area contributed by atoms with Crippen LogP contribution in [0.5, 0.6) is 5.75 Å². The second-order valence-electron chi connectivity index (χ2n) is 9.40. The Bertz CT molecular complexity index is 1620. The van der Waals surface area contributed by atoms with Gasteiger partial charge in [-0.3, -0.25) is 0 Å². The maximum atomic E-state index is 14.1. The van der Waals surface area contributed by atoms with Gasteiger partial charge >= 0.3 is 6.03 Å². The molecular weight excluding hydrogens is 506 g/mol. The number of carbonyl (C=O) groups is 1. The van der Waals surface area contributed by atoms with E-state index in [1.54, 1.807) is 18.9 Å². The van der Waals surface area contributed by atoms with Gasteiger partial charge in [-0.15, -0.1) is 11.8 Å². The minimum absolute atomic E-state index is 0.179. The van der Waals surface area contributed by atoms with E-state index < -0.39 is 0 Å². The van der Waals surface area contributed by atoms with Gasteiger partial charge < -0.3 is 19.5 Å². The molecule has 3 heterocycles. The number of aryl methyl sites for hydroxylation is 1. The number of rotatable bonds is 5. The molecule has 3 aromatic carbocycles. The zero-order chi connectivity index (χ0) is 26.9. The van der Waals surface area contributed by atoms with Crippen molar-refractivity contribution in [1.82, 2.24) is 19.2 Å². The molecule has 1 atom stereocenters. The Labute approximate surface area is 232 Å². The lowest BCUT2D eigenvalue weighted by Crippen LogP contribution is -2.38. The van der Waals surface area contributed by atoms with Crippen LogP contribution in [0.4, 0.5) is 10.5 Å². The summed E-state index contributed by atoms with van der Waals surface area (Å²) >= 11 is 1.64. The lowest BCUT2D eigenvalue weighted by Gasteiger charge is -2.31. The van der Waals surface area contributed by atoms with E-state index in [-0.39, 0.29) is 12.1 Å². The highest BCUT2D eigenvalue weighted by molar-refractivity contribution is 7.98. The first-order chi connectivity index (χ1) is 19.1. The fourth-order valence-corrected chi connectivity index (χ4v) is 5.64. The number of hydrogen-bond acceptors (Lipinski definition) is 4. The predicted octanol–water partition coefficient (Wildman–Crippen LogP) is 6.84. The van der Waals surface area contributed by atoms with Crippen LogP contribution < -0.4 is 10.1 Å². The van der Waals surface area contributed by atoms with Crippen molar-refractivity contribution in [3.8, 4) is 17.3 Å². The molecule has 1 unspecified atom stereocenters. The van der Waals surface area contributed by atoms with Crippen LogP contribution in [0.1, 0.15) is 28.6 Å². The summed E-state index contributed by atoms with van der Waals surface area (Å²) in [5, 5.41) is 8.08. The summed E-state index contributed by atoms with van der Waals surface area (Å²) in [5.41, 5.74) is 5.58. The van der Waals surface area contributed by atoms with E-state index in [1.807, 2.05) is 108 Å². The second-order valence-corrected chi connectivity index (χ2v) is 10.3. The normalized spacial score (nSPS) is 14.3. The number of thioether (sulfide) groups is 1. The number of anilines is 1. The number of nitrogens with zero attached hydrogens (tertiary/aromatic N) is 4. The molecular formula is C31H29N5O2S. The number of urea groups is 1. The highest BCUT2D eigenvalue weighted by Gasteiger charge is 2.36. The summed E-state index contributed by atoms with van der Waals surface area (Å²) in [7, 11) is 1.66. The van der Waals surface area contributed by atoms with Gasteiger partial charge in [-0.2, -0.15) is 5.10 Å². The standard InChI is InChI=1S/C31H29N5O2S/c1-21-27-20-35(31(37)32-23-9-7-12-26(19-23)39-3)29(22-14-16-25(38-2)17-15-22)28-13-8-18-34(28)30(27)36(33-21)24-10-5-4-6-11-24/h4-19,29H,20H2,1-3H3,(H,32,37). The van der Waals surface area contributed by atoms with E-state index in [9.17, 15) is 4.79 Å². The first-order valence-electron chi connectivity index (χ1n) is 12.7. The number of nitrogens with one attached hydrogen (secondary N) is 1. The molecule has 39 heavy (non-hydrogen) atoms. The van der Waals surface area contributed by atoms with Crippen molar-refractivity contribution in [2.75, 3.05) is 18.7 Å². The summed E-state index contributed by atoms with van der Waals surface area (Å²) in [6.07, 6.45) is 4.08. The Morgan fingerprint density at radius 1 is 1.00 bits per heavy atom. The van der Waals surface area contributed by atoms with E-state index in [4.69, 9.17) is 9.84 Å². The molecule has 0 saturated carbocycles. The average molecular weight is 536 g/mol. The fourth-order valence-electron chi connectivity index (χ4n) is 5.18. The van der Waals surface area contributed by atoms with E-state index in [2.05, 4.69) is 22.1 Å². The molecule has 8 heteroatoms. The van der Waals surface area contributed by atoms with Crippen LogP contribution >= 0.6 is 11.8 Å². The number of benzene rings is 3. The first kappa shape index (κ1) is 24.9. The van der Waals surface area contributed by atoms with Crippen LogP contribution in [0, 0.1) is 6.92 Å². The molecule has 2 amide bonds. The quantitative estimate of drug-likeness (QED) is 0.250. The van der Waals surface area contributed by atoms with Crippen LogP contribution in [-0.2, 0) is 6.54 Å². The van der Waals surface area contributed by atoms with Crippen molar-refractivity contribution >= 4 is 23.5 Å². The summed E-state index contributed by atoms with van der Waals surface area (Å²) in [6.45, 7) is 2.40. The van der Waals surface area contributed by atoms with Gasteiger partial charge in [-0.1, -0.05) is 36.4 Å². The van der Waals surface area contributed by atoms with Crippen molar-refractivity contribution in [3.63, 3.8) is 0 Å². The fraction of sp³-hybridized carbons (Fsp3) is 0.161. The summed E-state index contributed by atoms with van der Waals surface area (Å²) in [5.74, 6) is 1.71. The topological polar surface area (TPSA) is 64.3 Å². The number of carbonyl (C=O) groups excluding carboxylic acids is 1. The Hall–Kier alpha value is -4.43. The van der Waals surface area contributed by atoms with Crippen LogP contribution in [0.25, 0.3) is 11.5 Å². The van der Waals surface area contributed by atoms with Crippen molar-refractivity contribution < 1.29 is 9.53 Å². The van der Waals surface area contributed by atoms with Gasteiger partial charge in [0.15, 0.2) is 0 Å². The van der Waals surface area contributed by atoms with Crippen molar-refractivity contribution in [3.05, 3.63) is 120 Å². The highest BCUT2D eigenvalue weighted by Crippen LogP contribution is 2.39. The number of amides is 2. The number of fused-ring (bicyclic) bond motifs is 3. The van der Waals surface area contributed by atoms with Crippen LogP contribution in [-0.4, -0.2) is 38.6 Å². The number of ether oxygens (including phenoxy) is 1. The molecule has 2 aromatic heterocycles. The van der Waals surface area contributed by atoms with Gasteiger partial charge in [-0.25, -0.2) is 9.48 Å². The smallest absolute Gasteiger partial charge is 0.322 e. The SMILES string of the molecule is COc1ccc(C2c3cccn3-c3c(c(C)nn3-c3ccccc3)CN2C(=O)Nc2cccc(SC)c2)cc1. The molecule has 196 valence electrons. The maximum Gasteiger partial charge on any atom is 0.322 e. The van der Waals surface area contributed by atoms with Gasteiger partial charge in [-0.05, 0) is 73.3 Å². The minimum Gasteiger partial charge on any atom is -0.497 e. The third-order valence-corrected chi connectivity index (χ3v) is 7.83. The summed E-state index contributed by atoms with van der Waals surface area (Å²) < 4.78 is 9.56. The van der Waals surface area contributed by atoms with Gasteiger partial charge in [0.25, 0.3) is 0 Å². The Kier molecular flexibility index (Phi) is 6.62. The number of methoxy groups -OCH3 is 1. The lowest BCUT2D eigenvalue weighted by molar-refractivity contribution is 0.194. The number of para-hydroxylation sites is 1. The molecule has 1 aliphatic heterocycles. The van der Waals surface area contributed by atoms with Gasteiger partial charge in [0.2, 0.25) is 0 Å². The molecule has 5 aromatic rings. The Balaban J connectivity index is 1.51. The summed E-state index contributed by atoms with van der Waals surface area (Å²) in [4.78, 5) is 17.1. The van der Waals surface area contributed by atoms with E-state index in [1.165, 1.54) is 0 Å². The molecule has 0 radical (unpaired) electrons. The monoisotopic (exact) mass is 535 g/mol. The summed E-state index contributed by atoms with van der Waals surface area (Å²) in [6, 6.07) is 29.5. The Morgan fingerprint density at radius 2 is 1.79 bits per heavy atom. The first-order valence-corrected chi connectivity index (χ1v) is 14.0. The largest absolute Gasteiger partial charge is 0.497 e. The van der Waals surface area contributed by atoms with Crippen LogP contribution in [0.3, 0.4) is 0 Å². The predicted molar refractivity (Wildman–Crippen MR) is 155 cm³/mol. The molecule has 1 N–H and O–H groups in total. The average Bonchev–Trinajstić information content (AvgIpc) is 3.54. The highest BCUT2D eigenvalue weighted by atomic mass is 32.2. The zero-order valence-corrected chi connectivity index (χ0v) is 22.9. The molecule has 0 spiro atoms. The van der Waals surface area contributed by atoms with Crippen LogP contribution in [0.15, 0.2) is 102 Å². The van der Waals surface area contributed by atoms with Gasteiger partial charge in [0, 0.05) is 22.3 Å². The number of aromatic nitrogens is 3. The second kappa shape index (κ2) is 10.4. The van der Waals surface area contributed by atoms with Crippen molar-refractivity contribution in [2.45, 2.75) is 24.4 Å². The zero-order valence-electron chi connectivity index (χ0n) is 22.0. The minimum atomic E-state index is -0.342. The maximum absolute atomic E-state index is 14.1. The molecule has 0 aliphatic carbocycles. The van der Waals surface area contributed by atoms with Gasteiger partial charge in [0.05, 0.1) is 36.8 Å². The van der Waals surface area contributed by atoms with Crippen LogP contribution in [0.2, 0.25) is 0 Å². The van der Waals surface area contributed by atoms with E-state index in [0.29, 0.717) is 6.54 Å². The molecule has 0 saturated heterocycles. The van der Waals surface area contributed by atoms with Gasteiger partial charge in [0.1, 0.15) is 11.6 Å². The molecule has 7 nitrogen and oxygen atoms in total. The Morgan fingerprint density at radius 3 is 2.54 bits per heavy atom. The molecule has 0 bridgehead atoms. The molecule has 6 rings (SSSR count). The third-order valence-electron chi connectivity index (χ3n) is 7.10. The van der Waals surface area contributed by atoms with E-state index >= 15 is 0 Å².